The zero-order valence-corrected chi connectivity index (χ0v) is 12.4. The fraction of sp³-hybridized carbons (Fsp3) is 0.389. The van der Waals surface area contributed by atoms with Gasteiger partial charge in [-0.1, -0.05) is 19.1 Å². The first-order valence-electron chi connectivity index (χ1n) is 7.68. The fourth-order valence-electron chi connectivity index (χ4n) is 2.84. The summed E-state index contributed by atoms with van der Waals surface area (Å²) in [5, 5.41) is 12.4. The summed E-state index contributed by atoms with van der Waals surface area (Å²) in [4.78, 5) is 0. The molecule has 108 valence electrons. The number of hydrogen-bond donors (Lipinski definition) is 1. The van der Waals surface area contributed by atoms with Gasteiger partial charge >= 0.3 is 0 Å². The molecule has 3 nitrogen and oxygen atoms in total. The second kappa shape index (κ2) is 6.15. The van der Waals surface area contributed by atoms with Crippen LogP contribution in [0.1, 0.15) is 42.5 Å². The maximum atomic E-state index is 8.83. The second-order valence-electron chi connectivity index (χ2n) is 5.80. The molecule has 1 fully saturated rings. The molecule has 0 bridgehead atoms. The van der Waals surface area contributed by atoms with Crippen LogP contribution in [0, 0.1) is 17.2 Å². The van der Waals surface area contributed by atoms with Crippen molar-refractivity contribution < 1.29 is 0 Å². The maximum absolute atomic E-state index is 8.83. The van der Waals surface area contributed by atoms with Crippen molar-refractivity contribution in [3.8, 4) is 6.07 Å². The van der Waals surface area contributed by atoms with E-state index in [4.69, 9.17) is 5.26 Å². The minimum atomic E-state index is 0.511. The molecule has 3 heteroatoms. The Bertz CT molecular complexity index is 629. The smallest absolute Gasteiger partial charge is 0.0991 e. The van der Waals surface area contributed by atoms with E-state index in [-0.39, 0.29) is 0 Å². The van der Waals surface area contributed by atoms with Gasteiger partial charge < -0.3 is 9.88 Å². The number of aromatic nitrogens is 1. The van der Waals surface area contributed by atoms with Crippen LogP contribution in [0.4, 0.5) is 0 Å². The first kappa shape index (κ1) is 13.9. The van der Waals surface area contributed by atoms with Crippen LogP contribution in [0.5, 0.6) is 0 Å². The molecule has 1 aromatic heterocycles. The zero-order valence-electron chi connectivity index (χ0n) is 12.4. The van der Waals surface area contributed by atoms with Gasteiger partial charge in [0.1, 0.15) is 0 Å². The van der Waals surface area contributed by atoms with Crippen LogP contribution in [0.3, 0.4) is 0 Å². The van der Waals surface area contributed by atoms with E-state index in [0.29, 0.717) is 11.6 Å². The summed E-state index contributed by atoms with van der Waals surface area (Å²) < 4.78 is 2.23. The third-order valence-electron chi connectivity index (χ3n) is 4.10. The van der Waals surface area contributed by atoms with Crippen molar-refractivity contribution >= 4 is 0 Å². The number of rotatable bonds is 6. The van der Waals surface area contributed by atoms with Gasteiger partial charge in [-0.3, -0.25) is 0 Å². The highest BCUT2D eigenvalue weighted by Crippen LogP contribution is 2.41. The topological polar surface area (TPSA) is 40.8 Å². The molecule has 1 unspecified atom stereocenters. The van der Waals surface area contributed by atoms with Gasteiger partial charge in [0.2, 0.25) is 0 Å². The Kier molecular flexibility index (Phi) is 4.08. The molecular formula is C18H21N3. The third-order valence-corrected chi connectivity index (χ3v) is 4.10. The Hall–Kier alpha value is -2.05. The Morgan fingerprint density at radius 1 is 1.29 bits per heavy atom. The highest BCUT2D eigenvalue weighted by molar-refractivity contribution is 5.32. The lowest BCUT2D eigenvalue weighted by atomic mass is 10.1. The standard InChI is InChI=1S/C18H21N3/c1-2-20-18(16-7-8-16)17-9-10-21(13-17)12-15-5-3-14(11-19)4-6-15/h3-6,9-10,13,16,18,20H,2,7-8,12H2,1H3. The molecule has 0 amide bonds. The van der Waals surface area contributed by atoms with Crippen molar-refractivity contribution in [3.63, 3.8) is 0 Å². The van der Waals surface area contributed by atoms with Gasteiger partial charge in [-0.2, -0.15) is 5.26 Å². The number of nitriles is 1. The molecule has 0 radical (unpaired) electrons. The molecule has 2 aromatic rings. The number of nitrogens with zero attached hydrogens (tertiary/aromatic N) is 2. The van der Waals surface area contributed by atoms with Crippen LogP contribution in [-0.4, -0.2) is 11.1 Å². The first-order chi connectivity index (χ1) is 10.3. The minimum absolute atomic E-state index is 0.511. The number of nitrogens with one attached hydrogen (secondary N) is 1. The molecule has 1 heterocycles. The van der Waals surface area contributed by atoms with Gasteiger partial charge in [-0.05, 0) is 54.6 Å². The number of hydrogen-bond acceptors (Lipinski definition) is 2. The van der Waals surface area contributed by atoms with E-state index in [9.17, 15) is 0 Å². The maximum Gasteiger partial charge on any atom is 0.0991 e. The lowest BCUT2D eigenvalue weighted by Crippen LogP contribution is -2.22. The molecule has 1 atom stereocenters. The van der Waals surface area contributed by atoms with Crippen molar-refractivity contribution in [2.75, 3.05) is 6.54 Å². The Labute approximate surface area is 126 Å². The summed E-state index contributed by atoms with van der Waals surface area (Å²) in [5.41, 5.74) is 3.34. The molecular weight excluding hydrogens is 258 g/mol. The van der Waals surface area contributed by atoms with Crippen molar-refractivity contribution in [1.29, 1.82) is 5.26 Å². The van der Waals surface area contributed by atoms with E-state index in [1.807, 2.05) is 24.3 Å². The van der Waals surface area contributed by atoms with Crippen molar-refractivity contribution in [1.82, 2.24) is 9.88 Å². The predicted molar refractivity (Wildman–Crippen MR) is 83.8 cm³/mol. The molecule has 1 aromatic carbocycles. The van der Waals surface area contributed by atoms with Crippen molar-refractivity contribution in [3.05, 3.63) is 59.4 Å². The van der Waals surface area contributed by atoms with E-state index in [0.717, 1.165) is 19.0 Å². The monoisotopic (exact) mass is 279 g/mol. The largest absolute Gasteiger partial charge is 0.350 e. The molecule has 1 saturated carbocycles. The van der Waals surface area contributed by atoms with Crippen LogP contribution in [0.15, 0.2) is 42.7 Å². The van der Waals surface area contributed by atoms with Crippen LogP contribution in [-0.2, 0) is 6.54 Å². The van der Waals surface area contributed by atoms with E-state index in [2.05, 4.69) is 41.3 Å². The van der Waals surface area contributed by atoms with Gasteiger partial charge in [0, 0.05) is 25.0 Å². The fourth-order valence-corrected chi connectivity index (χ4v) is 2.84. The van der Waals surface area contributed by atoms with Crippen LogP contribution >= 0.6 is 0 Å². The van der Waals surface area contributed by atoms with Crippen LogP contribution in [0.2, 0.25) is 0 Å². The average Bonchev–Trinajstić information content (AvgIpc) is 3.25. The van der Waals surface area contributed by atoms with E-state index >= 15 is 0 Å². The lowest BCUT2D eigenvalue weighted by Gasteiger charge is -2.15. The molecule has 3 rings (SSSR count). The highest BCUT2D eigenvalue weighted by atomic mass is 15.0. The highest BCUT2D eigenvalue weighted by Gasteiger charge is 2.31. The van der Waals surface area contributed by atoms with Gasteiger partial charge in [-0.25, -0.2) is 0 Å². The molecule has 1 aliphatic rings. The quantitative estimate of drug-likeness (QED) is 0.879. The van der Waals surface area contributed by atoms with Gasteiger partial charge in [-0.15, -0.1) is 0 Å². The lowest BCUT2D eigenvalue weighted by molar-refractivity contribution is 0.495. The van der Waals surface area contributed by atoms with E-state index in [1.165, 1.54) is 24.0 Å². The predicted octanol–water partition coefficient (Wildman–Crippen LogP) is 3.47. The summed E-state index contributed by atoms with van der Waals surface area (Å²) in [6.45, 7) is 4.04. The summed E-state index contributed by atoms with van der Waals surface area (Å²) in [6.07, 6.45) is 7.10. The van der Waals surface area contributed by atoms with Crippen molar-refractivity contribution in [2.45, 2.75) is 32.4 Å². The Balaban J connectivity index is 1.70. The molecule has 21 heavy (non-hydrogen) atoms. The first-order valence-corrected chi connectivity index (χ1v) is 7.68. The molecule has 1 N–H and O–H groups in total. The van der Waals surface area contributed by atoms with E-state index < -0.39 is 0 Å². The van der Waals surface area contributed by atoms with Gasteiger partial charge in [0.25, 0.3) is 0 Å². The SMILES string of the molecule is CCNC(c1ccn(Cc2ccc(C#N)cc2)c1)C1CC1. The minimum Gasteiger partial charge on any atom is -0.350 e. The second-order valence-corrected chi connectivity index (χ2v) is 5.80. The van der Waals surface area contributed by atoms with Gasteiger partial charge in [0.15, 0.2) is 0 Å². The molecule has 0 aliphatic heterocycles. The average molecular weight is 279 g/mol. The summed E-state index contributed by atoms with van der Waals surface area (Å²) in [7, 11) is 0. The molecule has 0 saturated heterocycles. The van der Waals surface area contributed by atoms with Gasteiger partial charge in [0.05, 0.1) is 11.6 Å². The summed E-state index contributed by atoms with van der Waals surface area (Å²) >= 11 is 0. The zero-order chi connectivity index (χ0) is 14.7. The van der Waals surface area contributed by atoms with Crippen LogP contribution < -0.4 is 5.32 Å². The summed E-state index contributed by atoms with van der Waals surface area (Å²) in [6, 6.07) is 12.7. The molecule has 1 aliphatic carbocycles. The van der Waals surface area contributed by atoms with Crippen LogP contribution in [0.25, 0.3) is 0 Å². The molecule has 0 spiro atoms. The third kappa shape index (κ3) is 3.34. The number of benzene rings is 1. The van der Waals surface area contributed by atoms with E-state index in [1.54, 1.807) is 0 Å². The van der Waals surface area contributed by atoms with Crippen molar-refractivity contribution in [2.24, 2.45) is 5.92 Å². The Morgan fingerprint density at radius 3 is 2.67 bits per heavy atom. The summed E-state index contributed by atoms with van der Waals surface area (Å²) in [5.74, 6) is 0.815. The Morgan fingerprint density at radius 2 is 2.05 bits per heavy atom. The normalized spacial score (nSPS) is 15.6.